The molecule has 2 aliphatic heterocycles. The Labute approximate surface area is 185 Å². The molecule has 0 bridgehead atoms. The first-order chi connectivity index (χ1) is 14.6. The maximum atomic E-state index is 13.0. The maximum absolute atomic E-state index is 13.0. The van der Waals surface area contributed by atoms with Gasteiger partial charge in [-0.2, -0.15) is 4.31 Å². The van der Waals surface area contributed by atoms with Crippen molar-refractivity contribution in [3.05, 3.63) is 24.3 Å². The Kier molecular flexibility index (Phi) is 7.74. The van der Waals surface area contributed by atoms with E-state index < -0.39 is 26.0 Å². The van der Waals surface area contributed by atoms with Crippen molar-refractivity contribution in [2.24, 2.45) is 5.92 Å². The molecule has 174 valence electrons. The molecular formula is C20H32N4O5S2. The number of nitrogens with zero attached hydrogens (tertiary/aromatic N) is 3. The largest absolute Gasteiger partial charge is 0.326 e. The van der Waals surface area contributed by atoms with Gasteiger partial charge >= 0.3 is 0 Å². The van der Waals surface area contributed by atoms with Crippen molar-refractivity contribution in [3.63, 3.8) is 0 Å². The smallest absolute Gasteiger partial charge is 0.243 e. The molecule has 9 nitrogen and oxygen atoms in total. The van der Waals surface area contributed by atoms with Gasteiger partial charge in [-0.25, -0.2) is 21.1 Å². The van der Waals surface area contributed by atoms with Crippen LogP contribution in [0.1, 0.15) is 26.2 Å². The van der Waals surface area contributed by atoms with Crippen LogP contribution in [-0.4, -0.2) is 88.3 Å². The summed E-state index contributed by atoms with van der Waals surface area (Å²) in [6.07, 6.45) is 1.76. The Bertz CT molecular complexity index is 989. The molecule has 0 spiro atoms. The highest BCUT2D eigenvalue weighted by Crippen LogP contribution is 2.24. The van der Waals surface area contributed by atoms with Gasteiger partial charge in [0, 0.05) is 45.0 Å². The minimum atomic E-state index is -3.64. The molecule has 0 saturated carbocycles. The molecule has 31 heavy (non-hydrogen) atoms. The standard InChI is InChI=1S/C20H32N4O5S2/c1-3-14-30(26,27)24-9-5-6-17(16-24)20(25)21-18-7-4-8-19(15-18)31(28,29)23-12-10-22(2)11-13-23/h4,7-8,15,17H,3,5-6,9-14,16H2,1-2H3,(H,21,25). The normalized spacial score (nSPS) is 22.3. The first-order valence-electron chi connectivity index (χ1n) is 10.7. The fourth-order valence-electron chi connectivity index (χ4n) is 3.95. The van der Waals surface area contributed by atoms with E-state index in [1.807, 2.05) is 14.0 Å². The lowest BCUT2D eigenvalue weighted by molar-refractivity contribution is -0.120. The number of likely N-dealkylation sites (N-methyl/N-ethyl adjacent to an activating group) is 1. The average molecular weight is 473 g/mol. The minimum Gasteiger partial charge on any atom is -0.326 e. The van der Waals surface area contributed by atoms with E-state index in [9.17, 15) is 21.6 Å². The number of hydrogen-bond donors (Lipinski definition) is 1. The quantitative estimate of drug-likeness (QED) is 0.635. The van der Waals surface area contributed by atoms with E-state index in [0.717, 1.165) is 0 Å². The summed E-state index contributed by atoms with van der Waals surface area (Å²) in [5, 5.41) is 2.79. The van der Waals surface area contributed by atoms with Gasteiger partial charge in [0.1, 0.15) is 0 Å². The van der Waals surface area contributed by atoms with Gasteiger partial charge in [0.2, 0.25) is 26.0 Å². The maximum Gasteiger partial charge on any atom is 0.243 e. The SMILES string of the molecule is CCCS(=O)(=O)N1CCCC(C(=O)Nc2cccc(S(=O)(=O)N3CCN(C)CC3)c2)C1. The number of amides is 1. The number of anilines is 1. The molecule has 1 aromatic carbocycles. The zero-order chi connectivity index (χ0) is 22.6. The molecular weight excluding hydrogens is 440 g/mol. The summed E-state index contributed by atoms with van der Waals surface area (Å²) in [6, 6.07) is 6.26. The Morgan fingerprint density at radius 2 is 1.77 bits per heavy atom. The van der Waals surface area contributed by atoms with Crippen LogP contribution in [0.3, 0.4) is 0 Å². The third-order valence-corrected chi connectivity index (χ3v) is 9.75. The third-order valence-electron chi connectivity index (χ3n) is 5.81. The highest BCUT2D eigenvalue weighted by atomic mass is 32.2. The number of nitrogens with one attached hydrogen (secondary N) is 1. The summed E-state index contributed by atoms with van der Waals surface area (Å²) < 4.78 is 53.5. The molecule has 3 rings (SSSR count). The Morgan fingerprint density at radius 1 is 1.06 bits per heavy atom. The molecule has 1 atom stereocenters. The summed E-state index contributed by atoms with van der Waals surface area (Å²) in [7, 11) is -5.03. The summed E-state index contributed by atoms with van der Waals surface area (Å²) in [6.45, 7) is 4.62. The van der Waals surface area contributed by atoms with Crippen molar-refractivity contribution in [1.82, 2.24) is 13.5 Å². The molecule has 2 aliphatic rings. The molecule has 1 amide bonds. The van der Waals surface area contributed by atoms with E-state index in [1.165, 1.54) is 20.7 Å². The Morgan fingerprint density at radius 3 is 2.45 bits per heavy atom. The molecule has 0 aromatic heterocycles. The van der Waals surface area contributed by atoms with E-state index >= 15 is 0 Å². The Balaban J connectivity index is 1.68. The van der Waals surface area contributed by atoms with Crippen LogP contribution in [0.2, 0.25) is 0 Å². The second-order valence-corrected chi connectivity index (χ2v) is 12.3. The van der Waals surface area contributed by atoms with Crippen LogP contribution in [0.4, 0.5) is 5.69 Å². The average Bonchev–Trinajstić information content (AvgIpc) is 2.74. The molecule has 0 radical (unpaired) electrons. The molecule has 0 aliphatic carbocycles. The number of hydrogen-bond acceptors (Lipinski definition) is 6. The third kappa shape index (κ3) is 5.83. The summed E-state index contributed by atoms with van der Waals surface area (Å²) in [4.78, 5) is 15.0. The van der Waals surface area contributed by atoms with Crippen LogP contribution < -0.4 is 5.32 Å². The number of piperazine rings is 1. The van der Waals surface area contributed by atoms with Gasteiger partial charge in [-0.05, 0) is 44.5 Å². The topological polar surface area (TPSA) is 107 Å². The number of piperidine rings is 1. The fraction of sp³-hybridized carbons (Fsp3) is 0.650. The van der Waals surface area contributed by atoms with Crippen LogP contribution in [0.5, 0.6) is 0 Å². The zero-order valence-electron chi connectivity index (χ0n) is 18.2. The van der Waals surface area contributed by atoms with E-state index in [2.05, 4.69) is 10.2 Å². The van der Waals surface area contributed by atoms with Gasteiger partial charge < -0.3 is 10.2 Å². The summed E-state index contributed by atoms with van der Waals surface area (Å²) in [5.41, 5.74) is 0.397. The van der Waals surface area contributed by atoms with Crippen molar-refractivity contribution in [1.29, 1.82) is 0 Å². The second kappa shape index (κ2) is 9.95. The molecule has 1 N–H and O–H groups in total. The van der Waals surface area contributed by atoms with Crippen molar-refractivity contribution in [2.75, 3.05) is 57.4 Å². The summed E-state index contributed by atoms with van der Waals surface area (Å²) >= 11 is 0. The van der Waals surface area contributed by atoms with E-state index in [1.54, 1.807) is 12.1 Å². The van der Waals surface area contributed by atoms with Gasteiger partial charge in [-0.1, -0.05) is 13.0 Å². The Hall–Kier alpha value is -1.53. The van der Waals surface area contributed by atoms with E-state index in [4.69, 9.17) is 0 Å². The number of benzene rings is 1. The lowest BCUT2D eigenvalue weighted by atomic mass is 9.99. The highest BCUT2D eigenvalue weighted by Gasteiger charge is 2.32. The number of carbonyl (C=O) groups is 1. The first kappa shape index (κ1) is 24.1. The highest BCUT2D eigenvalue weighted by molar-refractivity contribution is 7.89. The second-order valence-electron chi connectivity index (χ2n) is 8.24. The minimum absolute atomic E-state index is 0.0769. The van der Waals surface area contributed by atoms with Crippen LogP contribution in [0.25, 0.3) is 0 Å². The van der Waals surface area contributed by atoms with E-state index in [0.29, 0.717) is 57.7 Å². The lowest BCUT2D eigenvalue weighted by Gasteiger charge is -2.32. The lowest BCUT2D eigenvalue weighted by Crippen LogP contribution is -2.47. The van der Waals surface area contributed by atoms with Crippen molar-refractivity contribution >= 4 is 31.6 Å². The monoisotopic (exact) mass is 472 g/mol. The van der Waals surface area contributed by atoms with Gasteiger partial charge in [-0.3, -0.25) is 4.79 Å². The molecule has 2 fully saturated rings. The van der Waals surface area contributed by atoms with Crippen molar-refractivity contribution in [2.45, 2.75) is 31.1 Å². The first-order valence-corrected chi connectivity index (χ1v) is 13.8. The molecule has 1 unspecified atom stereocenters. The number of sulfonamides is 2. The van der Waals surface area contributed by atoms with Gasteiger partial charge in [0.15, 0.2) is 0 Å². The van der Waals surface area contributed by atoms with Crippen LogP contribution in [0.15, 0.2) is 29.2 Å². The molecule has 11 heteroatoms. The number of carbonyl (C=O) groups excluding carboxylic acids is 1. The predicted molar refractivity (Wildman–Crippen MR) is 120 cm³/mol. The van der Waals surface area contributed by atoms with Crippen LogP contribution in [-0.2, 0) is 24.8 Å². The van der Waals surface area contributed by atoms with Crippen LogP contribution >= 0.6 is 0 Å². The predicted octanol–water partition coefficient (Wildman–Crippen LogP) is 1.01. The number of rotatable bonds is 7. The zero-order valence-corrected chi connectivity index (χ0v) is 19.8. The molecule has 2 heterocycles. The van der Waals surface area contributed by atoms with Gasteiger partial charge in [0.25, 0.3) is 0 Å². The summed E-state index contributed by atoms with van der Waals surface area (Å²) in [5.74, 6) is -0.670. The molecule has 1 aromatic rings. The van der Waals surface area contributed by atoms with Gasteiger partial charge in [0.05, 0.1) is 16.6 Å². The molecule has 2 saturated heterocycles. The van der Waals surface area contributed by atoms with Crippen molar-refractivity contribution in [3.8, 4) is 0 Å². The van der Waals surface area contributed by atoms with Crippen molar-refractivity contribution < 1.29 is 21.6 Å². The van der Waals surface area contributed by atoms with Crippen LogP contribution in [0, 0.1) is 5.92 Å². The van der Waals surface area contributed by atoms with E-state index in [-0.39, 0.29) is 23.1 Å². The van der Waals surface area contributed by atoms with Gasteiger partial charge in [-0.15, -0.1) is 0 Å². The fourth-order valence-corrected chi connectivity index (χ4v) is 7.01.